The van der Waals surface area contributed by atoms with E-state index in [2.05, 4.69) is 12.2 Å². The van der Waals surface area contributed by atoms with Gasteiger partial charge in [0.1, 0.15) is 6.04 Å². The van der Waals surface area contributed by atoms with E-state index in [4.69, 9.17) is 11.6 Å². The van der Waals surface area contributed by atoms with Gasteiger partial charge in [-0.1, -0.05) is 30.7 Å². The fourth-order valence-electron chi connectivity index (χ4n) is 2.98. The van der Waals surface area contributed by atoms with Gasteiger partial charge in [-0.15, -0.1) is 0 Å². The van der Waals surface area contributed by atoms with Crippen molar-refractivity contribution in [2.75, 3.05) is 25.1 Å². The Bertz CT molecular complexity index is 582. The van der Waals surface area contributed by atoms with E-state index in [1.807, 2.05) is 11.2 Å². The summed E-state index contributed by atoms with van der Waals surface area (Å²) in [5, 5.41) is 3.29. The fourth-order valence-corrected chi connectivity index (χ4v) is 3.68. The van der Waals surface area contributed by atoms with E-state index >= 15 is 0 Å². The largest absolute Gasteiger partial charge is 0.341 e. The number of hydrogen-bond acceptors (Lipinski definition) is 3. The van der Waals surface area contributed by atoms with Crippen LogP contribution >= 0.6 is 23.4 Å². The quantitative estimate of drug-likeness (QED) is 0.836. The van der Waals surface area contributed by atoms with Gasteiger partial charge < -0.3 is 10.2 Å². The minimum absolute atomic E-state index is 0.0241. The average Bonchev–Trinajstić information content (AvgIpc) is 2.58. The van der Waals surface area contributed by atoms with Crippen LogP contribution in [-0.2, 0) is 4.79 Å². The van der Waals surface area contributed by atoms with Gasteiger partial charge in [0.2, 0.25) is 5.91 Å². The molecule has 1 aliphatic rings. The van der Waals surface area contributed by atoms with Gasteiger partial charge >= 0.3 is 0 Å². The number of carbonyl (C=O) groups is 2. The van der Waals surface area contributed by atoms with Crippen LogP contribution in [0.3, 0.4) is 0 Å². The maximum Gasteiger partial charge on any atom is 0.253 e. The number of benzene rings is 1. The molecule has 2 atom stereocenters. The van der Waals surface area contributed by atoms with Crippen LogP contribution < -0.4 is 5.32 Å². The molecule has 132 valence electrons. The van der Waals surface area contributed by atoms with Crippen molar-refractivity contribution in [2.45, 2.75) is 32.2 Å². The van der Waals surface area contributed by atoms with E-state index in [9.17, 15) is 9.59 Å². The Balaban J connectivity index is 2.08. The summed E-state index contributed by atoms with van der Waals surface area (Å²) >= 11 is 7.77. The predicted molar refractivity (Wildman–Crippen MR) is 101 cm³/mol. The molecule has 0 aliphatic carbocycles. The van der Waals surface area contributed by atoms with Crippen molar-refractivity contribution in [3.8, 4) is 0 Å². The third kappa shape index (κ3) is 5.15. The molecule has 2 rings (SSSR count). The molecule has 0 bridgehead atoms. The van der Waals surface area contributed by atoms with Gasteiger partial charge in [0.25, 0.3) is 5.91 Å². The van der Waals surface area contributed by atoms with E-state index in [-0.39, 0.29) is 11.8 Å². The lowest BCUT2D eigenvalue weighted by atomic mass is 9.99. The molecule has 1 saturated heterocycles. The van der Waals surface area contributed by atoms with Crippen molar-refractivity contribution < 1.29 is 9.59 Å². The van der Waals surface area contributed by atoms with Crippen molar-refractivity contribution in [1.29, 1.82) is 0 Å². The molecule has 1 aromatic carbocycles. The summed E-state index contributed by atoms with van der Waals surface area (Å²) in [6.07, 6.45) is 4.81. The molecule has 2 unspecified atom stereocenters. The molecular weight excluding hydrogens is 344 g/mol. The molecule has 1 heterocycles. The Kier molecular flexibility index (Phi) is 7.43. The van der Waals surface area contributed by atoms with Crippen LogP contribution in [0.15, 0.2) is 24.3 Å². The van der Waals surface area contributed by atoms with Crippen LogP contribution in [0, 0.1) is 5.92 Å². The third-order valence-electron chi connectivity index (χ3n) is 4.30. The third-order valence-corrected chi connectivity index (χ3v) is 5.27. The van der Waals surface area contributed by atoms with E-state index in [1.165, 1.54) is 0 Å². The number of thioether (sulfide) groups is 1. The van der Waals surface area contributed by atoms with E-state index < -0.39 is 6.04 Å². The summed E-state index contributed by atoms with van der Waals surface area (Å²) in [5.41, 5.74) is 0.410. The summed E-state index contributed by atoms with van der Waals surface area (Å²) in [4.78, 5) is 27.3. The second-order valence-electron chi connectivity index (χ2n) is 6.32. The number of carbonyl (C=O) groups excluding carboxylic acids is 2. The molecule has 4 nitrogen and oxygen atoms in total. The van der Waals surface area contributed by atoms with Gasteiger partial charge in [-0.2, -0.15) is 11.8 Å². The van der Waals surface area contributed by atoms with E-state index in [0.29, 0.717) is 22.9 Å². The van der Waals surface area contributed by atoms with Crippen molar-refractivity contribution >= 4 is 35.2 Å². The lowest BCUT2D eigenvalue weighted by Crippen LogP contribution is -2.51. The molecule has 24 heavy (non-hydrogen) atoms. The standard InChI is InChI=1S/C18H25ClN2O2S/c1-13-6-5-10-21(12-13)18(23)16(9-11-24-2)20-17(22)14-7-3-4-8-15(14)19/h3-4,7-8,13,16H,5-6,9-12H2,1-2H3,(H,20,22). The number of halogens is 1. The van der Waals surface area contributed by atoms with Crippen LogP contribution in [0.5, 0.6) is 0 Å². The van der Waals surface area contributed by atoms with Crippen LogP contribution in [-0.4, -0.2) is 47.9 Å². The SMILES string of the molecule is CSCCC(NC(=O)c1ccccc1Cl)C(=O)N1CCCC(C)C1. The highest BCUT2D eigenvalue weighted by atomic mass is 35.5. The number of amides is 2. The lowest BCUT2D eigenvalue weighted by Gasteiger charge is -2.33. The monoisotopic (exact) mass is 368 g/mol. The first-order chi connectivity index (χ1) is 11.5. The summed E-state index contributed by atoms with van der Waals surface area (Å²) in [6, 6.07) is 6.42. The number of piperidine rings is 1. The summed E-state index contributed by atoms with van der Waals surface area (Å²) in [6.45, 7) is 3.72. The Hall–Kier alpha value is -1.20. The highest BCUT2D eigenvalue weighted by Crippen LogP contribution is 2.19. The predicted octanol–water partition coefficient (Wildman–Crippen LogP) is 3.45. The number of nitrogens with zero attached hydrogens (tertiary/aromatic N) is 1. The first-order valence-electron chi connectivity index (χ1n) is 8.36. The van der Waals surface area contributed by atoms with Gasteiger partial charge in [0.15, 0.2) is 0 Å². The van der Waals surface area contributed by atoms with Crippen molar-refractivity contribution in [3.63, 3.8) is 0 Å². The number of likely N-dealkylation sites (tertiary alicyclic amines) is 1. The summed E-state index contributed by atoms with van der Waals surface area (Å²) in [5.74, 6) is 1.08. The molecule has 0 radical (unpaired) electrons. The zero-order valence-corrected chi connectivity index (χ0v) is 15.8. The Labute approximate surface area is 153 Å². The Morgan fingerprint density at radius 2 is 2.17 bits per heavy atom. The first-order valence-corrected chi connectivity index (χ1v) is 10.1. The first kappa shape index (κ1) is 19.1. The van der Waals surface area contributed by atoms with Crippen LogP contribution in [0.2, 0.25) is 5.02 Å². The maximum atomic E-state index is 12.9. The molecule has 1 fully saturated rings. The molecule has 0 aromatic heterocycles. The lowest BCUT2D eigenvalue weighted by molar-refractivity contribution is -0.135. The summed E-state index contributed by atoms with van der Waals surface area (Å²) < 4.78 is 0. The minimum atomic E-state index is -0.494. The number of rotatable bonds is 6. The van der Waals surface area contributed by atoms with Crippen LogP contribution in [0.25, 0.3) is 0 Å². The van der Waals surface area contributed by atoms with Gasteiger partial charge in [0, 0.05) is 13.1 Å². The number of hydrogen-bond donors (Lipinski definition) is 1. The molecule has 1 aliphatic heterocycles. The molecule has 2 amide bonds. The van der Waals surface area contributed by atoms with Gasteiger partial charge in [-0.05, 0) is 49.3 Å². The van der Waals surface area contributed by atoms with Crippen LogP contribution in [0.4, 0.5) is 0 Å². The highest BCUT2D eigenvalue weighted by Gasteiger charge is 2.29. The smallest absolute Gasteiger partial charge is 0.253 e. The minimum Gasteiger partial charge on any atom is -0.341 e. The average molecular weight is 369 g/mol. The zero-order chi connectivity index (χ0) is 17.5. The Morgan fingerprint density at radius 3 is 2.83 bits per heavy atom. The molecule has 1 N–H and O–H groups in total. The van der Waals surface area contributed by atoms with Gasteiger partial charge in [0.05, 0.1) is 10.6 Å². The molecule has 1 aromatic rings. The zero-order valence-electron chi connectivity index (χ0n) is 14.3. The van der Waals surface area contributed by atoms with Crippen molar-refractivity contribution in [3.05, 3.63) is 34.9 Å². The second-order valence-corrected chi connectivity index (χ2v) is 7.71. The van der Waals surface area contributed by atoms with Crippen molar-refractivity contribution in [1.82, 2.24) is 10.2 Å². The van der Waals surface area contributed by atoms with E-state index in [1.54, 1.807) is 36.0 Å². The topological polar surface area (TPSA) is 49.4 Å². The summed E-state index contributed by atoms with van der Waals surface area (Å²) in [7, 11) is 0. The van der Waals surface area contributed by atoms with Gasteiger partial charge in [-0.25, -0.2) is 0 Å². The normalized spacial score (nSPS) is 19.0. The molecule has 6 heteroatoms. The molecule has 0 spiro atoms. The van der Waals surface area contributed by atoms with E-state index in [0.717, 1.165) is 31.7 Å². The fraction of sp³-hybridized carbons (Fsp3) is 0.556. The van der Waals surface area contributed by atoms with Crippen LogP contribution in [0.1, 0.15) is 36.5 Å². The maximum absolute atomic E-state index is 12.9. The second kappa shape index (κ2) is 9.33. The number of nitrogens with one attached hydrogen (secondary N) is 1. The van der Waals surface area contributed by atoms with Gasteiger partial charge in [-0.3, -0.25) is 9.59 Å². The van der Waals surface area contributed by atoms with Crippen molar-refractivity contribution in [2.24, 2.45) is 5.92 Å². The molecule has 0 saturated carbocycles. The Morgan fingerprint density at radius 1 is 1.42 bits per heavy atom. The highest BCUT2D eigenvalue weighted by molar-refractivity contribution is 7.98. The molecular formula is C18H25ClN2O2S.